The SMILES string of the molecule is CCn1ccnc1Cn1nnc(N)c1C1CC1. The Morgan fingerprint density at radius 1 is 1.47 bits per heavy atom. The average molecular weight is 232 g/mol. The van der Waals surface area contributed by atoms with Gasteiger partial charge in [-0.15, -0.1) is 5.10 Å². The number of aromatic nitrogens is 5. The fourth-order valence-electron chi connectivity index (χ4n) is 2.14. The molecule has 0 aromatic carbocycles. The van der Waals surface area contributed by atoms with Crippen LogP contribution in [0.5, 0.6) is 0 Å². The summed E-state index contributed by atoms with van der Waals surface area (Å²) in [6, 6.07) is 0. The van der Waals surface area contributed by atoms with Crippen LogP contribution < -0.4 is 5.73 Å². The van der Waals surface area contributed by atoms with Crippen LogP contribution in [0.25, 0.3) is 0 Å². The summed E-state index contributed by atoms with van der Waals surface area (Å²) in [7, 11) is 0. The summed E-state index contributed by atoms with van der Waals surface area (Å²) in [5.74, 6) is 2.12. The highest BCUT2D eigenvalue weighted by molar-refractivity contribution is 5.38. The van der Waals surface area contributed by atoms with E-state index in [9.17, 15) is 0 Å². The predicted molar refractivity (Wildman–Crippen MR) is 63.4 cm³/mol. The van der Waals surface area contributed by atoms with Crippen molar-refractivity contribution < 1.29 is 0 Å². The lowest BCUT2D eigenvalue weighted by Gasteiger charge is -2.07. The normalized spacial score (nSPS) is 15.4. The Labute approximate surface area is 99.4 Å². The molecule has 2 heterocycles. The van der Waals surface area contributed by atoms with Crippen molar-refractivity contribution in [2.24, 2.45) is 0 Å². The Hall–Kier alpha value is -1.85. The molecular weight excluding hydrogens is 216 g/mol. The molecule has 0 unspecified atom stereocenters. The summed E-state index contributed by atoms with van der Waals surface area (Å²) in [5, 5.41) is 8.08. The Kier molecular flexibility index (Phi) is 2.35. The van der Waals surface area contributed by atoms with E-state index >= 15 is 0 Å². The molecule has 0 atom stereocenters. The highest BCUT2D eigenvalue weighted by atomic mass is 15.5. The first-order valence-electron chi connectivity index (χ1n) is 5.98. The monoisotopic (exact) mass is 232 g/mol. The van der Waals surface area contributed by atoms with Crippen molar-refractivity contribution in [2.75, 3.05) is 5.73 Å². The third-order valence-corrected chi connectivity index (χ3v) is 3.20. The molecule has 1 aliphatic rings. The molecule has 0 radical (unpaired) electrons. The number of hydrogen-bond acceptors (Lipinski definition) is 4. The van der Waals surface area contributed by atoms with Gasteiger partial charge in [-0.1, -0.05) is 5.21 Å². The summed E-state index contributed by atoms with van der Waals surface area (Å²) in [4.78, 5) is 4.35. The van der Waals surface area contributed by atoms with Crippen LogP contribution in [0, 0.1) is 0 Å². The summed E-state index contributed by atoms with van der Waals surface area (Å²) in [6.45, 7) is 3.66. The van der Waals surface area contributed by atoms with E-state index < -0.39 is 0 Å². The molecule has 0 saturated heterocycles. The van der Waals surface area contributed by atoms with Gasteiger partial charge in [0.2, 0.25) is 0 Å². The van der Waals surface area contributed by atoms with E-state index in [0.717, 1.165) is 18.1 Å². The van der Waals surface area contributed by atoms with Gasteiger partial charge in [-0.05, 0) is 19.8 Å². The number of nitrogens with two attached hydrogens (primary N) is 1. The number of nitrogen functional groups attached to an aromatic ring is 1. The van der Waals surface area contributed by atoms with Gasteiger partial charge in [-0.25, -0.2) is 9.67 Å². The molecule has 90 valence electrons. The molecule has 6 heteroatoms. The van der Waals surface area contributed by atoms with E-state index in [1.54, 1.807) is 0 Å². The fraction of sp³-hybridized carbons (Fsp3) is 0.545. The summed E-state index contributed by atoms with van der Waals surface area (Å²) < 4.78 is 4.00. The zero-order chi connectivity index (χ0) is 11.8. The maximum absolute atomic E-state index is 5.86. The van der Waals surface area contributed by atoms with E-state index in [1.807, 2.05) is 17.1 Å². The number of rotatable bonds is 4. The quantitative estimate of drug-likeness (QED) is 0.853. The molecule has 3 rings (SSSR count). The second kappa shape index (κ2) is 3.87. The number of hydrogen-bond donors (Lipinski definition) is 1. The van der Waals surface area contributed by atoms with E-state index in [1.165, 1.54) is 12.8 Å². The fourth-order valence-corrected chi connectivity index (χ4v) is 2.14. The van der Waals surface area contributed by atoms with E-state index in [2.05, 4.69) is 26.8 Å². The number of imidazole rings is 1. The standard InChI is InChI=1S/C11H16N6/c1-2-16-6-5-13-9(16)7-17-10(8-3-4-8)11(12)14-15-17/h5-6,8H,2-4,7,12H2,1H3. The van der Waals surface area contributed by atoms with Gasteiger partial charge in [0.05, 0.1) is 5.69 Å². The Morgan fingerprint density at radius 3 is 3.00 bits per heavy atom. The van der Waals surface area contributed by atoms with Crippen molar-refractivity contribution >= 4 is 5.82 Å². The minimum atomic E-state index is 0.551. The zero-order valence-corrected chi connectivity index (χ0v) is 9.87. The third-order valence-electron chi connectivity index (χ3n) is 3.20. The number of anilines is 1. The molecule has 0 spiro atoms. The van der Waals surface area contributed by atoms with Crippen molar-refractivity contribution in [2.45, 2.75) is 38.8 Å². The minimum Gasteiger partial charge on any atom is -0.381 e. The molecular formula is C11H16N6. The van der Waals surface area contributed by atoms with Gasteiger partial charge >= 0.3 is 0 Å². The van der Waals surface area contributed by atoms with Crippen molar-refractivity contribution in [3.05, 3.63) is 23.9 Å². The second-order valence-corrected chi connectivity index (χ2v) is 4.42. The van der Waals surface area contributed by atoms with Crippen molar-refractivity contribution in [1.29, 1.82) is 0 Å². The molecule has 6 nitrogen and oxygen atoms in total. The van der Waals surface area contributed by atoms with Gasteiger partial charge in [-0.2, -0.15) is 0 Å². The van der Waals surface area contributed by atoms with Crippen molar-refractivity contribution in [3.63, 3.8) is 0 Å². The van der Waals surface area contributed by atoms with Crippen LogP contribution in [0.2, 0.25) is 0 Å². The summed E-state index contributed by atoms with van der Waals surface area (Å²) >= 11 is 0. The first kappa shape index (κ1) is 10.3. The first-order valence-corrected chi connectivity index (χ1v) is 5.98. The van der Waals surface area contributed by atoms with Gasteiger partial charge in [-0.3, -0.25) is 0 Å². The lowest BCUT2D eigenvalue weighted by molar-refractivity contribution is 0.569. The van der Waals surface area contributed by atoms with Crippen LogP contribution >= 0.6 is 0 Å². The lowest BCUT2D eigenvalue weighted by Crippen LogP contribution is -2.11. The molecule has 2 aromatic heterocycles. The van der Waals surface area contributed by atoms with Gasteiger partial charge in [0, 0.05) is 24.9 Å². The Morgan fingerprint density at radius 2 is 2.29 bits per heavy atom. The van der Waals surface area contributed by atoms with Crippen molar-refractivity contribution in [3.8, 4) is 0 Å². The molecule has 2 aromatic rings. The number of nitrogens with zero attached hydrogens (tertiary/aromatic N) is 5. The van der Waals surface area contributed by atoms with E-state index in [4.69, 9.17) is 5.73 Å². The predicted octanol–water partition coefficient (Wildman–Crippen LogP) is 1.00. The molecule has 1 aliphatic carbocycles. The zero-order valence-electron chi connectivity index (χ0n) is 9.87. The highest BCUT2D eigenvalue weighted by Gasteiger charge is 2.30. The number of aryl methyl sites for hydroxylation is 1. The van der Waals surface area contributed by atoms with Gasteiger partial charge in [0.15, 0.2) is 5.82 Å². The highest BCUT2D eigenvalue weighted by Crippen LogP contribution is 2.41. The van der Waals surface area contributed by atoms with Gasteiger partial charge < -0.3 is 10.3 Å². The van der Waals surface area contributed by atoms with Crippen LogP contribution in [0.1, 0.15) is 37.2 Å². The van der Waals surface area contributed by atoms with Crippen LogP contribution in [0.15, 0.2) is 12.4 Å². The minimum absolute atomic E-state index is 0.551. The molecule has 1 fully saturated rings. The molecule has 0 amide bonds. The third kappa shape index (κ3) is 1.79. The molecule has 1 saturated carbocycles. The molecule has 17 heavy (non-hydrogen) atoms. The Bertz CT molecular complexity index is 522. The van der Waals surface area contributed by atoms with Crippen LogP contribution in [0.3, 0.4) is 0 Å². The van der Waals surface area contributed by atoms with Crippen LogP contribution in [-0.2, 0) is 13.1 Å². The average Bonchev–Trinajstić information content (AvgIpc) is 2.95. The topological polar surface area (TPSA) is 74.5 Å². The van der Waals surface area contributed by atoms with Crippen molar-refractivity contribution in [1.82, 2.24) is 24.5 Å². The Balaban J connectivity index is 1.90. The first-order chi connectivity index (χ1) is 8.29. The van der Waals surface area contributed by atoms with Crippen LogP contribution in [-0.4, -0.2) is 24.5 Å². The van der Waals surface area contributed by atoms with Gasteiger partial charge in [0.1, 0.15) is 12.4 Å². The maximum atomic E-state index is 5.86. The lowest BCUT2D eigenvalue weighted by atomic mass is 10.3. The van der Waals surface area contributed by atoms with E-state index in [0.29, 0.717) is 18.3 Å². The maximum Gasteiger partial charge on any atom is 0.169 e. The van der Waals surface area contributed by atoms with E-state index in [-0.39, 0.29) is 0 Å². The summed E-state index contributed by atoms with van der Waals surface area (Å²) in [6.07, 6.45) is 6.18. The smallest absolute Gasteiger partial charge is 0.169 e. The summed E-state index contributed by atoms with van der Waals surface area (Å²) in [5.41, 5.74) is 6.94. The molecule has 0 bridgehead atoms. The molecule has 2 N–H and O–H groups in total. The van der Waals surface area contributed by atoms with Gasteiger partial charge in [0.25, 0.3) is 0 Å². The van der Waals surface area contributed by atoms with Crippen LogP contribution in [0.4, 0.5) is 5.82 Å². The largest absolute Gasteiger partial charge is 0.381 e. The molecule has 0 aliphatic heterocycles. The second-order valence-electron chi connectivity index (χ2n) is 4.42.